The molecule has 2 heterocycles. The van der Waals surface area contributed by atoms with Crippen LogP contribution < -0.4 is 4.90 Å². The number of hydrogen-bond acceptors (Lipinski definition) is 3. The zero-order valence-electron chi connectivity index (χ0n) is 27.5. The SMILES string of the molecule is c1ccc2cc(N(c3ccc4ccccc4c3)c3ccc4c(c3)sc3c5ccccc5c(-c5cccc6c5sc5ccccc56)cc43)ccc2c1. The molecule has 1 nitrogen and oxygen atoms in total. The second-order valence-electron chi connectivity index (χ2n) is 13.3. The maximum atomic E-state index is 2.46. The summed E-state index contributed by atoms with van der Waals surface area (Å²) in [5, 5.41) is 12.8. The molecular weight excluding hydrogens is 655 g/mol. The Morgan fingerprint density at radius 3 is 1.57 bits per heavy atom. The van der Waals surface area contributed by atoms with Crippen LogP contribution in [0.25, 0.3) is 83.8 Å². The third-order valence-corrected chi connectivity index (χ3v) is 12.8. The minimum atomic E-state index is 1.15. The van der Waals surface area contributed by atoms with Crippen LogP contribution >= 0.6 is 22.7 Å². The highest BCUT2D eigenvalue weighted by Crippen LogP contribution is 2.48. The van der Waals surface area contributed by atoms with E-state index in [4.69, 9.17) is 0 Å². The molecule has 0 spiro atoms. The molecule has 0 N–H and O–H groups in total. The predicted octanol–water partition coefficient (Wildman–Crippen LogP) is 15.0. The number of fused-ring (bicyclic) bond motifs is 10. The standard InChI is InChI=1S/C48H29NS2/c1-3-12-32-26-34(22-20-30(32)10-1)49(35-23-21-31-11-2-4-13-33(31)27-35)36-24-25-39-44-29-43(37-14-5-6-16-40(37)48(44)51-46(39)28-36)42-18-9-17-41-38-15-7-8-19-45(38)50-47(41)42/h1-29H. The van der Waals surface area contributed by atoms with Crippen LogP contribution in [0, 0.1) is 0 Å². The molecule has 0 aliphatic heterocycles. The average Bonchev–Trinajstić information content (AvgIpc) is 3.76. The molecular formula is C48H29NS2. The third kappa shape index (κ3) is 4.52. The lowest BCUT2D eigenvalue weighted by Crippen LogP contribution is -2.09. The lowest BCUT2D eigenvalue weighted by Gasteiger charge is -2.26. The van der Waals surface area contributed by atoms with Gasteiger partial charge in [0.1, 0.15) is 0 Å². The molecule has 0 bridgehead atoms. The number of anilines is 3. The van der Waals surface area contributed by atoms with Gasteiger partial charge in [0, 0.05) is 68.4 Å². The summed E-state index contributed by atoms with van der Waals surface area (Å²) < 4.78 is 5.32. The van der Waals surface area contributed by atoms with Gasteiger partial charge in [-0.15, -0.1) is 22.7 Å². The normalized spacial score (nSPS) is 11.9. The molecule has 0 amide bonds. The van der Waals surface area contributed by atoms with Gasteiger partial charge in [-0.2, -0.15) is 0 Å². The Morgan fingerprint density at radius 1 is 0.294 bits per heavy atom. The lowest BCUT2D eigenvalue weighted by atomic mass is 9.94. The first-order chi connectivity index (χ1) is 25.3. The van der Waals surface area contributed by atoms with E-state index < -0.39 is 0 Å². The highest BCUT2D eigenvalue weighted by molar-refractivity contribution is 7.27. The monoisotopic (exact) mass is 683 g/mol. The molecule has 0 atom stereocenters. The van der Waals surface area contributed by atoms with Crippen molar-refractivity contribution in [2.24, 2.45) is 0 Å². The van der Waals surface area contributed by atoms with Crippen LogP contribution in [0.2, 0.25) is 0 Å². The molecule has 11 aromatic rings. The number of rotatable bonds is 4. The first-order valence-electron chi connectivity index (χ1n) is 17.3. The average molecular weight is 684 g/mol. The molecule has 3 heteroatoms. The van der Waals surface area contributed by atoms with Crippen molar-refractivity contribution in [2.75, 3.05) is 4.90 Å². The molecule has 0 aliphatic carbocycles. The van der Waals surface area contributed by atoms with Gasteiger partial charge in [-0.3, -0.25) is 0 Å². The third-order valence-electron chi connectivity index (χ3n) is 10.4. The maximum Gasteiger partial charge on any atom is 0.0476 e. The fourth-order valence-electron chi connectivity index (χ4n) is 7.99. The fourth-order valence-corrected chi connectivity index (χ4v) is 10.5. The van der Waals surface area contributed by atoms with E-state index >= 15 is 0 Å². The quantitative estimate of drug-likeness (QED) is 0.178. The zero-order chi connectivity index (χ0) is 33.5. The van der Waals surface area contributed by atoms with Gasteiger partial charge in [0.25, 0.3) is 0 Å². The highest BCUT2D eigenvalue weighted by atomic mass is 32.1. The topological polar surface area (TPSA) is 3.24 Å². The van der Waals surface area contributed by atoms with Gasteiger partial charge in [0.15, 0.2) is 0 Å². The van der Waals surface area contributed by atoms with Crippen LogP contribution in [0.5, 0.6) is 0 Å². The molecule has 0 saturated carbocycles. The van der Waals surface area contributed by atoms with Crippen LogP contribution in [0.4, 0.5) is 17.1 Å². The van der Waals surface area contributed by atoms with Crippen LogP contribution in [-0.4, -0.2) is 0 Å². The van der Waals surface area contributed by atoms with E-state index in [1.165, 1.54) is 83.8 Å². The van der Waals surface area contributed by atoms with Gasteiger partial charge in [0.2, 0.25) is 0 Å². The summed E-state index contributed by atoms with van der Waals surface area (Å²) in [5.74, 6) is 0. The van der Waals surface area contributed by atoms with Crippen molar-refractivity contribution in [1.82, 2.24) is 0 Å². The van der Waals surface area contributed by atoms with Crippen molar-refractivity contribution in [3.05, 3.63) is 176 Å². The van der Waals surface area contributed by atoms with Gasteiger partial charge in [-0.25, -0.2) is 0 Å². The van der Waals surface area contributed by atoms with Gasteiger partial charge >= 0.3 is 0 Å². The van der Waals surface area contributed by atoms with Gasteiger partial charge in [-0.05, 0) is 81.0 Å². The number of benzene rings is 9. The molecule has 0 fully saturated rings. The Hall–Kier alpha value is -6.00. The summed E-state index contributed by atoms with van der Waals surface area (Å²) in [4.78, 5) is 2.41. The molecule has 51 heavy (non-hydrogen) atoms. The first kappa shape index (κ1) is 28.8. The van der Waals surface area contributed by atoms with E-state index in [9.17, 15) is 0 Å². The molecule has 0 saturated heterocycles. The second-order valence-corrected chi connectivity index (χ2v) is 15.4. The highest BCUT2D eigenvalue weighted by Gasteiger charge is 2.19. The molecule has 9 aromatic carbocycles. The van der Waals surface area contributed by atoms with Crippen molar-refractivity contribution in [3.63, 3.8) is 0 Å². The van der Waals surface area contributed by atoms with E-state index in [2.05, 4.69) is 181 Å². The molecule has 0 aliphatic rings. The van der Waals surface area contributed by atoms with Gasteiger partial charge < -0.3 is 4.90 Å². The van der Waals surface area contributed by atoms with Crippen molar-refractivity contribution >= 4 is 112 Å². The fraction of sp³-hybridized carbons (Fsp3) is 0. The molecule has 238 valence electrons. The first-order valence-corrected chi connectivity index (χ1v) is 19.0. The number of thiophene rings is 2. The summed E-state index contributed by atoms with van der Waals surface area (Å²) in [6.45, 7) is 0. The number of nitrogens with zero attached hydrogens (tertiary/aromatic N) is 1. The molecule has 11 rings (SSSR count). The predicted molar refractivity (Wildman–Crippen MR) is 225 cm³/mol. The maximum absolute atomic E-state index is 2.46. The second kappa shape index (κ2) is 11.3. The van der Waals surface area contributed by atoms with Crippen molar-refractivity contribution in [1.29, 1.82) is 0 Å². The van der Waals surface area contributed by atoms with E-state index in [-0.39, 0.29) is 0 Å². The van der Waals surface area contributed by atoms with Gasteiger partial charge in [-0.1, -0.05) is 127 Å². The van der Waals surface area contributed by atoms with E-state index in [1.54, 1.807) is 0 Å². The van der Waals surface area contributed by atoms with Crippen molar-refractivity contribution in [2.45, 2.75) is 0 Å². The Labute approximate surface area is 302 Å². The minimum absolute atomic E-state index is 1.15. The summed E-state index contributed by atoms with van der Waals surface area (Å²) in [6, 6.07) is 64.9. The van der Waals surface area contributed by atoms with E-state index in [0.29, 0.717) is 0 Å². The summed E-state index contributed by atoms with van der Waals surface area (Å²) in [5.41, 5.74) is 6.05. The number of hydrogen-bond donors (Lipinski definition) is 0. The van der Waals surface area contributed by atoms with Crippen molar-refractivity contribution < 1.29 is 0 Å². The Balaban J connectivity index is 1.14. The Kier molecular flexibility index (Phi) is 6.36. The van der Waals surface area contributed by atoms with Crippen LogP contribution in [0.15, 0.2) is 176 Å². The Morgan fingerprint density at radius 2 is 0.824 bits per heavy atom. The molecule has 0 unspecified atom stereocenters. The zero-order valence-corrected chi connectivity index (χ0v) is 29.1. The van der Waals surface area contributed by atoms with Crippen LogP contribution in [0.3, 0.4) is 0 Å². The lowest BCUT2D eigenvalue weighted by molar-refractivity contribution is 1.30. The van der Waals surface area contributed by atoms with Gasteiger partial charge in [0.05, 0.1) is 0 Å². The van der Waals surface area contributed by atoms with Crippen molar-refractivity contribution in [3.8, 4) is 11.1 Å². The van der Waals surface area contributed by atoms with E-state index in [0.717, 1.165) is 17.1 Å². The summed E-state index contributed by atoms with van der Waals surface area (Å²) in [6.07, 6.45) is 0. The summed E-state index contributed by atoms with van der Waals surface area (Å²) in [7, 11) is 0. The summed E-state index contributed by atoms with van der Waals surface area (Å²) >= 11 is 3.81. The van der Waals surface area contributed by atoms with E-state index in [1.807, 2.05) is 22.7 Å². The largest absolute Gasteiger partial charge is 0.310 e. The minimum Gasteiger partial charge on any atom is -0.310 e. The van der Waals surface area contributed by atoms with Crippen LogP contribution in [-0.2, 0) is 0 Å². The Bertz CT molecular complexity index is 3090. The smallest absolute Gasteiger partial charge is 0.0476 e. The molecule has 0 radical (unpaired) electrons. The molecule has 2 aromatic heterocycles. The van der Waals surface area contributed by atoms with Crippen LogP contribution in [0.1, 0.15) is 0 Å².